The molecule has 3 aliphatic rings. The lowest BCUT2D eigenvalue weighted by molar-refractivity contribution is -0.123. The number of rotatable bonds is 1. The third-order valence-electron chi connectivity index (χ3n) is 5.09. The summed E-state index contributed by atoms with van der Waals surface area (Å²) in [6.45, 7) is 0. The highest BCUT2D eigenvalue weighted by Crippen LogP contribution is 2.60. The fraction of sp³-hybridized carbons (Fsp3) is 0.467. The molecular formula is C15H11Br2Cl2NO2. The molecule has 1 aromatic carbocycles. The van der Waals surface area contributed by atoms with Crippen LogP contribution in [0.2, 0.25) is 10.0 Å². The number of alkyl halides is 2. The molecular weight excluding hydrogens is 457 g/mol. The smallest absolute Gasteiger partial charge is 0.238 e. The number of fused-ring (bicyclic) bond motifs is 5. The van der Waals surface area contributed by atoms with Crippen LogP contribution in [-0.4, -0.2) is 21.5 Å². The first-order chi connectivity index (χ1) is 10.4. The maximum atomic E-state index is 12.8. The largest absolute Gasteiger partial charge is 0.274 e. The predicted molar refractivity (Wildman–Crippen MR) is 93.0 cm³/mol. The van der Waals surface area contributed by atoms with Crippen LogP contribution in [-0.2, 0) is 9.59 Å². The molecule has 2 bridgehead atoms. The van der Waals surface area contributed by atoms with Crippen LogP contribution in [0.25, 0.3) is 0 Å². The van der Waals surface area contributed by atoms with E-state index in [-0.39, 0.29) is 45.1 Å². The second-order valence-corrected chi connectivity index (χ2v) is 9.13. The molecule has 0 spiro atoms. The quantitative estimate of drug-likeness (QED) is 0.457. The van der Waals surface area contributed by atoms with Gasteiger partial charge in [-0.15, -0.1) is 0 Å². The summed E-state index contributed by atoms with van der Waals surface area (Å²) in [5.41, 5.74) is 0.471. The average Bonchev–Trinajstić information content (AvgIpc) is 3.03. The van der Waals surface area contributed by atoms with Crippen LogP contribution in [0.1, 0.15) is 6.42 Å². The molecule has 4 rings (SSSR count). The van der Waals surface area contributed by atoms with Crippen LogP contribution in [0.15, 0.2) is 18.2 Å². The minimum absolute atomic E-state index is 0.121. The van der Waals surface area contributed by atoms with Gasteiger partial charge in [-0.25, -0.2) is 4.90 Å². The third-order valence-corrected chi connectivity index (χ3v) is 8.74. The molecule has 116 valence electrons. The Balaban J connectivity index is 1.76. The van der Waals surface area contributed by atoms with Crippen molar-refractivity contribution >= 4 is 72.6 Å². The number of carbonyl (C=O) groups is 2. The van der Waals surface area contributed by atoms with Gasteiger partial charge in [-0.1, -0.05) is 55.1 Å². The molecule has 1 aliphatic heterocycles. The van der Waals surface area contributed by atoms with Crippen LogP contribution in [0.3, 0.4) is 0 Å². The Kier molecular flexibility index (Phi) is 3.65. The fourth-order valence-electron chi connectivity index (χ4n) is 4.27. The maximum absolute atomic E-state index is 12.8. The highest BCUT2D eigenvalue weighted by Gasteiger charge is 2.66. The zero-order valence-corrected chi connectivity index (χ0v) is 15.9. The van der Waals surface area contributed by atoms with E-state index in [0.29, 0.717) is 15.7 Å². The molecule has 22 heavy (non-hydrogen) atoms. The monoisotopic (exact) mass is 465 g/mol. The van der Waals surface area contributed by atoms with E-state index in [1.54, 1.807) is 18.2 Å². The van der Waals surface area contributed by atoms with Crippen molar-refractivity contribution in [3.8, 4) is 0 Å². The fourth-order valence-corrected chi connectivity index (χ4v) is 6.66. The second kappa shape index (κ2) is 5.20. The van der Waals surface area contributed by atoms with Gasteiger partial charge in [0.05, 0.1) is 17.5 Å². The molecule has 7 heteroatoms. The summed E-state index contributed by atoms with van der Waals surface area (Å²) in [5.74, 6) is -0.290. The number of benzene rings is 1. The average molecular weight is 468 g/mol. The van der Waals surface area contributed by atoms with E-state index in [2.05, 4.69) is 31.9 Å². The summed E-state index contributed by atoms with van der Waals surface area (Å²) >= 11 is 19.4. The molecule has 3 nitrogen and oxygen atoms in total. The van der Waals surface area contributed by atoms with Crippen LogP contribution >= 0.6 is 55.1 Å². The lowest BCUT2D eigenvalue weighted by Crippen LogP contribution is -2.37. The van der Waals surface area contributed by atoms with Gasteiger partial charge in [0.2, 0.25) is 11.8 Å². The summed E-state index contributed by atoms with van der Waals surface area (Å²) < 4.78 is 0. The van der Waals surface area contributed by atoms with Crippen molar-refractivity contribution in [2.24, 2.45) is 23.7 Å². The van der Waals surface area contributed by atoms with Crippen molar-refractivity contribution in [2.45, 2.75) is 16.1 Å². The standard InChI is InChI=1S/C15H11Br2Cl2NO2/c16-12-8-4-9(13(12)17)11-10(8)14(21)20(15(11)22)7-2-5(18)1-6(19)3-7/h1-3,8-13H,4H2/t8-,9-,10-,11-,12+,13+/m1/s1. The Labute approximate surface area is 154 Å². The van der Waals surface area contributed by atoms with E-state index in [0.717, 1.165) is 6.42 Å². The maximum Gasteiger partial charge on any atom is 0.238 e. The van der Waals surface area contributed by atoms with Crippen LogP contribution in [0.4, 0.5) is 5.69 Å². The number of hydrogen-bond donors (Lipinski definition) is 0. The normalized spacial score (nSPS) is 39.7. The Hall–Kier alpha value is -0.100. The molecule has 2 aliphatic carbocycles. The van der Waals surface area contributed by atoms with Gasteiger partial charge >= 0.3 is 0 Å². The lowest BCUT2D eigenvalue weighted by Gasteiger charge is -2.28. The number of hydrogen-bond acceptors (Lipinski definition) is 2. The van der Waals surface area contributed by atoms with E-state index in [9.17, 15) is 9.59 Å². The van der Waals surface area contributed by atoms with E-state index < -0.39 is 0 Å². The molecule has 0 aromatic heterocycles. The van der Waals surface area contributed by atoms with Gasteiger partial charge in [-0.3, -0.25) is 9.59 Å². The topological polar surface area (TPSA) is 37.4 Å². The lowest BCUT2D eigenvalue weighted by atomic mass is 9.81. The minimum atomic E-state index is -0.228. The zero-order chi connectivity index (χ0) is 15.8. The molecule has 0 radical (unpaired) electrons. The van der Waals surface area contributed by atoms with Gasteiger partial charge in [0.1, 0.15) is 0 Å². The summed E-state index contributed by atoms with van der Waals surface area (Å²) in [6, 6.07) is 4.82. The number of carbonyl (C=O) groups excluding carboxylic acids is 2. The molecule has 1 heterocycles. The van der Waals surface area contributed by atoms with Gasteiger partial charge in [0.25, 0.3) is 0 Å². The Morgan fingerprint density at radius 3 is 1.82 bits per heavy atom. The van der Waals surface area contributed by atoms with Gasteiger partial charge in [-0.2, -0.15) is 0 Å². The first kappa shape index (κ1) is 15.4. The van der Waals surface area contributed by atoms with Gasteiger partial charge in [0, 0.05) is 19.7 Å². The first-order valence-corrected chi connectivity index (χ1v) is 9.61. The summed E-state index contributed by atoms with van der Waals surface area (Å²) in [4.78, 5) is 27.4. The molecule has 3 fully saturated rings. The number of imide groups is 1. The van der Waals surface area contributed by atoms with E-state index >= 15 is 0 Å². The number of anilines is 1. The summed E-state index contributed by atoms with van der Waals surface area (Å²) in [5, 5.41) is 0.833. The van der Waals surface area contributed by atoms with Gasteiger partial charge in [-0.05, 0) is 36.5 Å². The number of halogens is 4. The Morgan fingerprint density at radius 1 is 0.909 bits per heavy atom. The van der Waals surface area contributed by atoms with Crippen molar-refractivity contribution < 1.29 is 9.59 Å². The van der Waals surface area contributed by atoms with Crippen molar-refractivity contribution in [1.82, 2.24) is 0 Å². The molecule has 2 saturated carbocycles. The van der Waals surface area contributed by atoms with E-state index in [4.69, 9.17) is 23.2 Å². The third kappa shape index (κ3) is 1.98. The SMILES string of the molecule is O=C1[C@@H]2[C@H]3C[C@@H]([C@H](Br)[C@H]3Br)[C@H]2C(=O)N1c1cc(Cl)cc(Cl)c1. The van der Waals surface area contributed by atoms with Crippen LogP contribution in [0, 0.1) is 23.7 Å². The highest BCUT2D eigenvalue weighted by molar-refractivity contribution is 9.12. The second-order valence-electron chi connectivity index (χ2n) is 6.14. The zero-order valence-electron chi connectivity index (χ0n) is 11.2. The summed E-state index contributed by atoms with van der Waals surface area (Å²) in [7, 11) is 0. The van der Waals surface area contributed by atoms with Gasteiger partial charge in [0.15, 0.2) is 0 Å². The molecule has 1 aromatic rings. The van der Waals surface area contributed by atoms with Crippen LogP contribution in [0.5, 0.6) is 0 Å². The Morgan fingerprint density at radius 2 is 1.36 bits per heavy atom. The molecule has 2 amide bonds. The molecule has 0 N–H and O–H groups in total. The van der Waals surface area contributed by atoms with Crippen LogP contribution < -0.4 is 4.90 Å². The van der Waals surface area contributed by atoms with Crippen molar-refractivity contribution in [3.63, 3.8) is 0 Å². The van der Waals surface area contributed by atoms with Crippen molar-refractivity contribution in [1.29, 1.82) is 0 Å². The van der Waals surface area contributed by atoms with Gasteiger partial charge < -0.3 is 0 Å². The minimum Gasteiger partial charge on any atom is -0.274 e. The van der Waals surface area contributed by atoms with E-state index in [1.165, 1.54) is 4.90 Å². The number of amides is 2. The highest BCUT2D eigenvalue weighted by atomic mass is 79.9. The Bertz CT molecular complexity index is 646. The molecule has 0 unspecified atom stereocenters. The molecule has 1 saturated heterocycles. The van der Waals surface area contributed by atoms with E-state index in [1.807, 2.05) is 0 Å². The summed E-state index contributed by atoms with van der Waals surface area (Å²) in [6.07, 6.45) is 0.919. The number of nitrogens with zero attached hydrogens (tertiary/aromatic N) is 1. The predicted octanol–water partition coefficient (Wildman–Crippen LogP) is 4.28. The molecule has 6 atom stereocenters. The van der Waals surface area contributed by atoms with Crippen molar-refractivity contribution in [2.75, 3.05) is 4.90 Å². The first-order valence-electron chi connectivity index (χ1n) is 7.02. The van der Waals surface area contributed by atoms with Crippen molar-refractivity contribution in [3.05, 3.63) is 28.2 Å².